The predicted octanol–water partition coefficient (Wildman–Crippen LogP) is 5.14. The molecule has 9 nitrogen and oxygen atoms in total. The molecule has 3 aromatic heterocycles. The highest BCUT2D eigenvalue weighted by Gasteiger charge is 2.27. The lowest BCUT2D eigenvalue weighted by Crippen LogP contribution is -2.24. The van der Waals surface area contributed by atoms with Crippen LogP contribution in [0.3, 0.4) is 0 Å². The molecule has 11 heteroatoms. The van der Waals surface area contributed by atoms with Gasteiger partial charge in [0, 0.05) is 39.8 Å². The van der Waals surface area contributed by atoms with Gasteiger partial charge >= 0.3 is 11.9 Å². The molecule has 0 amide bonds. The number of carbonyl (C=O) groups is 2. The van der Waals surface area contributed by atoms with Crippen molar-refractivity contribution in [3.63, 3.8) is 0 Å². The number of H-pyrrole nitrogens is 1. The molecule has 0 atom stereocenters. The molecule has 0 saturated heterocycles. The van der Waals surface area contributed by atoms with Crippen LogP contribution in [-0.2, 0) is 38.9 Å². The van der Waals surface area contributed by atoms with E-state index in [0.717, 1.165) is 10.7 Å². The van der Waals surface area contributed by atoms with Gasteiger partial charge in [-0.3, -0.25) is 4.89 Å². The third-order valence-electron chi connectivity index (χ3n) is 4.82. The summed E-state index contributed by atoms with van der Waals surface area (Å²) in [5, 5.41) is 5.67. The minimum absolute atomic E-state index is 0.0637. The van der Waals surface area contributed by atoms with Crippen LogP contribution in [0.4, 0.5) is 0 Å². The molecule has 0 bridgehead atoms. The zero-order valence-corrected chi connectivity index (χ0v) is 21.4. The molecule has 0 aliphatic heterocycles. The minimum Gasteiger partial charge on any atom is -0.485 e. The number of hydrogen-bond donors (Lipinski definition) is 1. The summed E-state index contributed by atoms with van der Waals surface area (Å²) in [6.45, 7) is 7.47. The molecule has 0 radical (unpaired) electrons. The summed E-state index contributed by atoms with van der Waals surface area (Å²) in [5.74, 6) is -0.809. The lowest BCUT2D eigenvalue weighted by molar-refractivity contribution is -0.279. The fourth-order valence-electron chi connectivity index (χ4n) is 3.45. The number of aryl methyl sites for hydroxylation is 1. The monoisotopic (exact) mass is 515 g/mol. The number of benzene rings is 1. The molecule has 3 heterocycles. The second kappa shape index (κ2) is 10.5. The summed E-state index contributed by atoms with van der Waals surface area (Å²) in [6, 6.07) is 3.52. The summed E-state index contributed by atoms with van der Waals surface area (Å²) < 4.78 is 11.7. The van der Waals surface area contributed by atoms with Crippen molar-refractivity contribution in [2.24, 2.45) is 0 Å². The lowest BCUT2D eigenvalue weighted by Gasteiger charge is -2.21. The minimum atomic E-state index is -0.722. The van der Waals surface area contributed by atoms with Crippen molar-refractivity contribution in [3.8, 4) is 5.75 Å². The Kier molecular flexibility index (Phi) is 7.48. The van der Waals surface area contributed by atoms with Crippen LogP contribution in [0, 0.1) is 6.92 Å². The van der Waals surface area contributed by atoms with Gasteiger partial charge in [0.15, 0.2) is 0 Å². The van der Waals surface area contributed by atoms with Gasteiger partial charge in [0.1, 0.15) is 40.1 Å². The van der Waals surface area contributed by atoms with Crippen LogP contribution in [0.2, 0.25) is 0 Å². The third-order valence-corrected chi connectivity index (χ3v) is 6.33. The van der Waals surface area contributed by atoms with Gasteiger partial charge in [-0.15, -0.1) is 22.7 Å². The normalized spacial score (nSPS) is 11.5. The number of ether oxygens (including phenoxy) is 2. The second-order valence-electron chi connectivity index (χ2n) is 8.63. The Morgan fingerprint density at radius 2 is 1.71 bits per heavy atom. The largest absolute Gasteiger partial charge is 0.485 e. The smallest absolute Gasteiger partial charge is 0.346 e. The van der Waals surface area contributed by atoms with Gasteiger partial charge < -0.3 is 14.5 Å². The van der Waals surface area contributed by atoms with Gasteiger partial charge in [0.05, 0.1) is 6.42 Å². The van der Waals surface area contributed by atoms with E-state index in [0.29, 0.717) is 27.2 Å². The average molecular weight is 516 g/mol. The number of aromatic nitrogens is 3. The van der Waals surface area contributed by atoms with E-state index in [-0.39, 0.29) is 25.2 Å². The maximum atomic E-state index is 13.3. The van der Waals surface area contributed by atoms with Crippen LogP contribution >= 0.6 is 22.7 Å². The van der Waals surface area contributed by atoms with Crippen LogP contribution in [-0.4, -0.2) is 32.5 Å². The quantitative estimate of drug-likeness (QED) is 0.185. The van der Waals surface area contributed by atoms with E-state index in [9.17, 15) is 9.59 Å². The van der Waals surface area contributed by atoms with Crippen molar-refractivity contribution in [1.29, 1.82) is 0 Å². The van der Waals surface area contributed by atoms with Crippen molar-refractivity contribution < 1.29 is 28.8 Å². The Morgan fingerprint density at radius 1 is 1.03 bits per heavy atom. The maximum absolute atomic E-state index is 13.3. The molecule has 35 heavy (non-hydrogen) atoms. The summed E-state index contributed by atoms with van der Waals surface area (Å²) in [4.78, 5) is 47.5. The fraction of sp³-hybridized carbons (Fsp3) is 0.333. The molecule has 0 spiro atoms. The highest BCUT2D eigenvalue weighted by molar-refractivity contribution is 7.09. The molecule has 0 aliphatic rings. The van der Waals surface area contributed by atoms with E-state index in [4.69, 9.17) is 19.2 Å². The number of hydrogen-bond acceptors (Lipinski definition) is 10. The highest BCUT2D eigenvalue weighted by Crippen LogP contribution is 2.35. The van der Waals surface area contributed by atoms with Gasteiger partial charge in [0.2, 0.25) is 0 Å². The van der Waals surface area contributed by atoms with Crippen molar-refractivity contribution >= 4 is 45.5 Å². The molecule has 0 aliphatic carbocycles. The standard InChI is InChI=1S/C24H25N3O6S2/c1-14-15(11-20(28)33-31-13-19-26-8-10-35-19)21-16(27-14)5-6-17(30-12-18-25-7-9-34-18)22(21)23(29)32-24(2,3)4/h5-10,27H,11-13H2,1-4H3. The van der Waals surface area contributed by atoms with Crippen molar-refractivity contribution in [2.75, 3.05) is 0 Å². The van der Waals surface area contributed by atoms with E-state index in [1.165, 1.54) is 22.7 Å². The summed E-state index contributed by atoms with van der Waals surface area (Å²) in [6.07, 6.45) is 3.22. The van der Waals surface area contributed by atoms with Gasteiger partial charge in [-0.2, -0.15) is 4.89 Å². The number of rotatable bonds is 9. The zero-order valence-electron chi connectivity index (χ0n) is 19.7. The first kappa shape index (κ1) is 24.8. The van der Waals surface area contributed by atoms with E-state index in [2.05, 4.69) is 15.0 Å². The SMILES string of the molecule is Cc1[nH]c2ccc(OCc3nccs3)c(C(=O)OC(C)(C)C)c2c1CC(=O)OOCc1nccs1. The summed E-state index contributed by atoms with van der Waals surface area (Å²) in [7, 11) is 0. The van der Waals surface area contributed by atoms with Gasteiger partial charge in [-0.25, -0.2) is 19.6 Å². The van der Waals surface area contributed by atoms with Crippen LogP contribution in [0.1, 0.15) is 52.4 Å². The first-order valence-corrected chi connectivity index (χ1v) is 12.6. The molecule has 1 aromatic carbocycles. The van der Waals surface area contributed by atoms with Crippen molar-refractivity contribution in [2.45, 2.75) is 52.9 Å². The first-order valence-electron chi connectivity index (χ1n) is 10.8. The van der Waals surface area contributed by atoms with E-state index < -0.39 is 17.5 Å². The molecule has 1 N–H and O–H groups in total. The van der Waals surface area contributed by atoms with Gasteiger partial charge in [-0.05, 0) is 45.4 Å². The average Bonchev–Trinajstić information content (AvgIpc) is 3.54. The van der Waals surface area contributed by atoms with Crippen LogP contribution in [0.15, 0.2) is 35.3 Å². The van der Waals surface area contributed by atoms with Crippen molar-refractivity contribution in [1.82, 2.24) is 15.0 Å². The van der Waals surface area contributed by atoms with Gasteiger partial charge in [0.25, 0.3) is 0 Å². The molecular formula is C24H25N3O6S2. The zero-order chi connectivity index (χ0) is 25.0. The molecule has 184 valence electrons. The Hall–Kier alpha value is -3.28. The van der Waals surface area contributed by atoms with E-state index in [1.54, 1.807) is 45.3 Å². The number of esters is 1. The Morgan fingerprint density at radius 3 is 2.34 bits per heavy atom. The summed E-state index contributed by atoms with van der Waals surface area (Å²) >= 11 is 2.85. The fourth-order valence-corrected chi connectivity index (χ4v) is 4.49. The van der Waals surface area contributed by atoms with Crippen LogP contribution in [0.25, 0.3) is 10.9 Å². The second-order valence-corrected chi connectivity index (χ2v) is 10.6. The Bertz CT molecular complexity index is 1310. The number of nitrogens with one attached hydrogen (secondary N) is 1. The maximum Gasteiger partial charge on any atom is 0.346 e. The number of thiazole rings is 2. The Balaban J connectivity index is 1.64. The highest BCUT2D eigenvalue weighted by atomic mass is 32.1. The van der Waals surface area contributed by atoms with Crippen LogP contribution in [0.5, 0.6) is 5.75 Å². The molecular weight excluding hydrogens is 490 g/mol. The molecule has 0 unspecified atom stereocenters. The van der Waals surface area contributed by atoms with E-state index >= 15 is 0 Å². The topological polar surface area (TPSA) is 113 Å². The molecule has 4 aromatic rings. The molecule has 4 rings (SSSR count). The first-order chi connectivity index (χ1) is 16.7. The van der Waals surface area contributed by atoms with Crippen molar-refractivity contribution in [3.05, 3.63) is 62.1 Å². The van der Waals surface area contributed by atoms with Crippen LogP contribution < -0.4 is 4.74 Å². The third kappa shape index (κ3) is 6.24. The lowest BCUT2D eigenvalue weighted by atomic mass is 10.0. The molecule has 0 fully saturated rings. The molecule has 0 saturated carbocycles. The number of fused-ring (bicyclic) bond motifs is 1. The number of nitrogens with zero attached hydrogens (tertiary/aromatic N) is 2. The summed E-state index contributed by atoms with van der Waals surface area (Å²) in [5.41, 5.74) is 1.52. The number of aromatic amines is 1. The van der Waals surface area contributed by atoms with E-state index in [1.807, 2.05) is 17.7 Å². The Labute approximate surface area is 210 Å². The number of carbonyl (C=O) groups excluding carboxylic acids is 2. The predicted molar refractivity (Wildman–Crippen MR) is 131 cm³/mol. The van der Waals surface area contributed by atoms with Gasteiger partial charge in [-0.1, -0.05) is 0 Å².